The highest BCUT2D eigenvalue weighted by Gasteiger charge is 2.24. The van der Waals surface area contributed by atoms with Crippen LogP contribution in [0.25, 0.3) is 0 Å². The molecule has 3 rings (SSSR count). The molecule has 0 spiro atoms. The van der Waals surface area contributed by atoms with E-state index in [4.69, 9.17) is 0 Å². The number of unbranched alkanes of at least 4 members (excludes halogenated alkanes) is 5. The second-order valence-electron chi connectivity index (χ2n) is 10.4. The molecule has 0 radical (unpaired) electrons. The second-order valence-corrected chi connectivity index (χ2v) is 10.4. The number of benzene rings is 1. The first kappa shape index (κ1) is 22.9. The van der Waals surface area contributed by atoms with Gasteiger partial charge in [0.25, 0.3) is 0 Å². The lowest BCUT2D eigenvalue weighted by molar-refractivity contribution is 0.301. The smallest absolute Gasteiger partial charge is 0.0162 e. The number of hydrogen-bond acceptors (Lipinski definition) is 0. The van der Waals surface area contributed by atoms with Crippen molar-refractivity contribution in [3.63, 3.8) is 0 Å². The molecule has 2 fully saturated rings. The van der Waals surface area contributed by atoms with Gasteiger partial charge in [0.05, 0.1) is 0 Å². The highest BCUT2D eigenvalue weighted by atomic mass is 14.3. The summed E-state index contributed by atoms with van der Waals surface area (Å²) in [7, 11) is 0. The molecule has 0 heteroatoms. The van der Waals surface area contributed by atoms with Crippen molar-refractivity contribution < 1.29 is 0 Å². The minimum absolute atomic E-state index is 0.838. The van der Waals surface area contributed by atoms with Crippen LogP contribution in [0, 0.1) is 11.8 Å². The Bertz CT molecular complexity index is 526. The lowest BCUT2D eigenvalue weighted by Gasteiger charge is -2.30. The van der Waals surface area contributed by atoms with E-state index in [1.165, 1.54) is 109 Å². The number of rotatable bonds is 11. The van der Waals surface area contributed by atoms with Gasteiger partial charge in [-0.1, -0.05) is 95.9 Å². The van der Waals surface area contributed by atoms with Crippen LogP contribution in [0.15, 0.2) is 24.3 Å². The molecule has 0 unspecified atom stereocenters. The first-order valence-electron chi connectivity index (χ1n) is 13.4. The standard InChI is InChI=1S/C29H48/c1-3-5-7-8-9-11-25-14-18-27(19-15-25)29-22-20-28(21-23-29)26-16-12-24(13-17-26)10-6-4-2/h20-27H,3-19H2,1-2H3. The molecule has 0 saturated heterocycles. The Morgan fingerprint density at radius 1 is 0.517 bits per heavy atom. The van der Waals surface area contributed by atoms with Crippen molar-refractivity contribution in [3.8, 4) is 0 Å². The summed E-state index contributed by atoms with van der Waals surface area (Å²) in [5.74, 6) is 3.72. The van der Waals surface area contributed by atoms with Gasteiger partial charge in [-0.3, -0.25) is 0 Å². The molecular weight excluding hydrogens is 348 g/mol. The fourth-order valence-electron chi connectivity index (χ4n) is 6.14. The highest BCUT2D eigenvalue weighted by Crippen LogP contribution is 2.40. The average molecular weight is 397 g/mol. The van der Waals surface area contributed by atoms with E-state index in [9.17, 15) is 0 Å². The molecule has 0 heterocycles. The van der Waals surface area contributed by atoms with Crippen LogP contribution in [0.5, 0.6) is 0 Å². The largest absolute Gasteiger partial charge is 0.0654 e. The third-order valence-corrected chi connectivity index (χ3v) is 8.25. The Labute approximate surface area is 182 Å². The molecule has 0 N–H and O–H groups in total. The molecule has 29 heavy (non-hydrogen) atoms. The Kier molecular flexibility index (Phi) is 10.1. The van der Waals surface area contributed by atoms with E-state index < -0.39 is 0 Å². The van der Waals surface area contributed by atoms with Crippen LogP contribution >= 0.6 is 0 Å². The molecule has 164 valence electrons. The SMILES string of the molecule is CCCCCCCC1CCC(c2ccc(C3CCC(CCCC)CC3)cc2)CC1. The summed E-state index contributed by atoms with van der Waals surface area (Å²) in [5.41, 5.74) is 3.26. The van der Waals surface area contributed by atoms with Crippen LogP contribution in [0.3, 0.4) is 0 Å². The normalized spacial score (nSPS) is 27.8. The monoisotopic (exact) mass is 396 g/mol. The van der Waals surface area contributed by atoms with Crippen LogP contribution in [0.4, 0.5) is 0 Å². The average Bonchev–Trinajstić information content (AvgIpc) is 2.78. The van der Waals surface area contributed by atoms with Gasteiger partial charge in [-0.15, -0.1) is 0 Å². The summed E-state index contributed by atoms with van der Waals surface area (Å²) >= 11 is 0. The zero-order valence-electron chi connectivity index (χ0n) is 19.6. The van der Waals surface area contributed by atoms with Gasteiger partial charge in [-0.05, 0) is 86.2 Å². The molecule has 0 atom stereocenters. The number of hydrogen-bond donors (Lipinski definition) is 0. The van der Waals surface area contributed by atoms with Gasteiger partial charge in [0.15, 0.2) is 0 Å². The van der Waals surface area contributed by atoms with E-state index in [-0.39, 0.29) is 0 Å². The zero-order valence-corrected chi connectivity index (χ0v) is 19.6. The lowest BCUT2D eigenvalue weighted by Crippen LogP contribution is -2.14. The molecule has 0 aliphatic heterocycles. The first-order chi connectivity index (χ1) is 14.3. The minimum Gasteiger partial charge on any atom is -0.0654 e. The van der Waals surface area contributed by atoms with E-state index in [1.54, 1.807) is 11.1 Å². The fraction of sp³-hybridized carbons (Fsp3) is 0.793. The first-order valence-corrected chi connectivity index (χ1v) is 13.4. The molecule has 0 aromatic heterocycles. The van der Waals surface area contributed by atoms with Crippen molar-refractivity contribution in [1.82, 2.24) is 0 Å². The molecule has 1 aromatic carbocycles. The Hall–Kier alpha value is -0.780. The maximum absolute atomic E-state index is 2.49. The summed E-state index contributed by atoms with van der Waals surface area (Å²) in [6.45, 7) is 4.64. The third-order valence-electron chi connectivity index (χ3n) is 8.25. The summed E-state index contributed by atoms with van der Waals surface area (Å²) in [4.78, 5) is 0. The summed E-state index contributed by atoms with van der Waals surface area (Å²) < 4.78 is 0. The minimum atomic E-state index is 0.838. The van der Waals surface area contributed by atoms with Gasteiger partial charge in [0.2, 0.25) is 0 Å². The molecular formula is C29H48. The predicted octanol–water partition coefficient (Wildman–Crippen LogP) is 9.78. The van der Waals surface area contributed by atoms with Crippen molar-refractivity contribution in [3.05, 3.63) is 35.4 Å². The van der Waals surface area contributed by atoms with Crippen molar-refractivity contribution in [2.24, 2.45) is 11.8 Å². The van der Waals surface area contributed by atoms with Gasteiger partial charge < -0.3 is 0 Å². The van der Waals surface area contributed by atoms with Gasteiger partial charge in [-0.2, -0.15) is 0 Å². The van der Waals surface area contributed by atoms with Gasteiger partial charge in [0.1, 0.15) is 0 Å². The van der Waals surface area contributed by atoms with E-state index in [0.717, 1.165) is 23.7 Å². The molecule has 0 nitrogen and oxygen atoms in total. The molecule has 2 aliphatic carbocycles. The van der Waals surface area contributed by atoms with Crippen molar-refractivity contribution in [2.45, 2.75) is 135 Å². The molecule has 2 aliphatic rings. The lowest BCUT2D eigenvalue weighted by atomic mass is 9.75. The van der Waals surface area contributed by atoms with Crippen LogP contribution in [-0.2, 0) is 0 Å². The van der Waals surface area contributed by atoms with Crippen LogP contribution in [0.1, 0.15) is 146 Å². The topological polar surface area (TPSA) is 0 Å². The molecule has 0 bridgehead atoms. The maximum atomic E-state index is 2.49. The summed E-state index contributed by atoms with van der Waals surface area (Å²) in [6.07, 6.45) is 24.6. The zero-order chi connectivity index (χ0) is 20.3. The van der Waals surface area contributed by atoms with E-state index in [2.05, 4.69) is 38.1 Å². The molecule has 1 aromatic rings. The van der Waals surface area contributed by atoms with E-state index >= 15 is 0 Å². The van der Waals surface area contributed by atoms with Crippen molar-refractivity contribution in [2.75, 3.05) is 0 Å². The third kappa shape index (κ3) is 7.45. The summed E-state index contributed by atoms with van der Waals surface area (Å²) in [6, 6.07) is 9.97. The Morgan fingerprint density at radius 2 is 0.931 bits per heavy atom. The van der Waals surface area contributed by atoms with Crippen molar-refractivity contribution in [1.29, 1.82) is 0 Å². The molecule has 0 amide bonds. The maximum Gasteiger partial charge on any atom is -0.0162 e. The van der Waals surface area contributed by atoms with E-state index in [1.807, 2.05) is 0 Å². The second kappa shape index (κ2) is 12.8. The summed E-state index contributed by atoms with van der Waals surface area (Å²) in [5, 5.41) is 0. The molecule has 2 saturated carbocycles. The fourth-order valence-corrected chi connectivity index (χ4v) is 6.14. The Morgan fingerprint density at radius 3 is 1.38 bits per heavy atom. The van der Waals surface area contributed by atoms with Crippen LogP contribution in [-0.4, -0.2) is 0 Å². The van der Waals surface area contributed by atoms with Crippen LogP contribution < -0.4 is 0 Å². The van der Waals surface area contributed by atoms with Gasteiger partial charge in [0, 0.05) is 0 Å². The van der Waals surface area contributed by atoms with E-state index in [0.29, 0.717) is 0 Å². The van der Waals surface area contributed by atoms with Gasteiger partial charge in [-0.25, -0.2) is 0 Å². The predicted molar refractivity (Wildman–Crippen MR) is 129 cm³/mol. The van der Waals surface area contributed by atoms with Crippen LogP contribution in [0.2, 0.25) is 0 Å². The highest BCUT2D eigenvalue weighted by molar-refractivity contribution is 5.28. The van der Waals surface area contributed by atoms with Crippen molar-refractivity contribution >= 4 is 0 Å². The Balaban J connectivity index is 1.38. The quantitative estimate of drug-likeness (QED) is 0.326. The van der Waals surface area contributed by atoms with Gasteiger partial charge >= 0.3 is 0 Å².